The first-order valence-corrected chi connectivity index (χ1v) is 7.16. The van der Waals surface area contributed by atoms with Gasteiger partial charge in [0.05, 0.1) is 5.92 Å². The van der Waals surface area contributed by atoms with Gasteiger partial charge in [0.25, 0.3) is 0 Å². The summed E-state index contributed by atoms with van der Waals surface area (Å²) in [7, 11) is 0. The Morgan fingerprint density at radius 3 is 2.28 bits per heavy atom. The molecule has 18 heavy (non-hydrogen) atoms. The van der Waals surface area contributed by atoms with E-state index < -0.39 is 5.97 Å². The summed E-state index contributed by atoms with van der Waals surface area (Å²) >= 11 is 0. The Bertz CT molecular complexity index is 368. The maximum atomic E-state index is 12.1. The summed E-state index contributed by atoms with van der Waals surface area (Å²) < 4.78 is 0. The van der Waals surface area contributed by atoms with E-state index in [9.17, 15) is 9.59 Å². The molecule has 0 saturated heterocycles. The van der Waals surface area contributed by atoms with Crippen LogP contribution >= 0.6 is 0 Å². The molecule has 0 aromatic rings. The standard InChI is InChI=1S/C14H21NO3/c16-13(10-3-4-11(7-10)14(17)18)15-12-6-8-1-2-9(12)5-8/h8-12H,1-7H2,(H,15,16)(H,17,18)/t8?,9?,10-,11+,12?/m1/s1. The van der Waals surface area contributed by atoms with E-state index in [-0.39, 0.29) is 17.7 Å². The fourth-order valence-corrected chi connectivity index (χ4v) is 4.17. The van der Waals surface area contributed by atoms with Crippen LogP contribution in [0.5, 0.6) is 0 Å². The Morgan fingerprint density at radius 2 is 1.72 bits per heavy atom. The summed E-state index contributed by atoms with van der Waals surface area (Å²) in [5, 5.41) is 12.1. The van der Waals surface area contributed by atoms with Crippen LogP contribution in [0.15, 0.2) is 0 Å². The van der Waals surface area contributed by atoms with Crippen LogP contribution in [0, 0.1) is 23.7 Å². The first kappa shape index (κ1) is 12.0. The highest BCUT2D eigenvalue weighted by atomic mass is 16.4. The minimum absolute atomic E-state index is 0.0646. The lowest BCUT2D eigenvalue weighted by Crippen LogP contribution is -2.41. The molecule has 0 spiro atoms. The van der Waals surface area contributed by atoms with Gasteiger partial charge in [0.2, 0.25) is 5.91 Å². The number of hydrogen-bond donors (Lipinski definition) is 2. The third-order valence-corrected chi connectivity index (χ3v) is 5.22. The molecule has 5 atom stereocenters. The summed E-state index contributed by atoms with van der Waals surface area (Å²) in [5.41, 5.74) is 0. The molecule has 0 radical (unpaired) electrons. The highest BCUT2D eigenvalue weighted by Gasteiger charge is 2.41. The molecule has 3 saturated carbocycles. The lowest BCUT2D eigenvalue weighted by molar-refractivity contribution is -0.141. The number of fused-ring (bicyclic) bond motifs is 2. The van der Waals surface area contributed by atoms with Gasteiger partial charge in [0.15, 0.2) is 0 Å². The molecular weight excluding hydrogens is 230 g/mol. The Labute approximate surface area is 107 Å². The number of carbonyl (C=O) groups excluding carboxylic acids is 1. The maximum absolute atomic E-state index is 12.1. The molecular formula is C14H21NO3. The fraction of sp³-hybridized carbons (Fsp3) is 0.857. The first-order chi connectivity index (χ1) is 8.63. The zero-order valence-electron chi connectivity index (χ0n) is 10.6. The second-order valence-electron chi connectivity index (χ2n) is 6.34. The lowest BCUT2D eigenvalue weighted by Gasteiger charge is -2.24. The van der Waals surface area contributed by atoms with Gasteiger partial charge in [-0.3, -0.25) is 9.59 Å². The number of amides is 1. The number of hydrogen-bond acceptors (Lipinski definition) is 2. The van der Waals surface area contributed by atoms with E-state index in [4.69, 9.17) is 5.11 Å². The van der Waals surface area contributed by atoms with Crippen molar-refractivity contribution in [2.45, 2.75) is 51.0 Å². The molecule has 0 heterocycles. The van der Waals surface area contributed by atoms with Gasteiger partial charge in [-0.05, 0) is 50.4 Å². The van der Waals surface area contributed by atoms with Gasteiger partial charge < -0.3 is 10.4 Å². The van der Waals surface area contributed by atoms with Gasteiger partial charge in [-0.25, -0.2) is 0 Å². The summed E-state index contributed by atoms with van der Waals surface area (Å²) in [4.78, 5) is 23.0. The molecule has 100 valence electrons. The lowest BCUT2D eigenvalue weighted by atomic mass is 9.94. The van der Waals surface area contributed by atoms with E-state index in [0.29, 0.717) is 24.8 Å². The van der Waals surface area contributed by atoms with Crippen molar-refractivity contribution in [3.05, 3.63) is 0 Å². The van der Waals surface area contributed by atoms with E-state index >= 15 is 0 Å². The summed E-state index contributed by atoms with van der Waals surface area (Å²) in [6.07, 6.45) is 6.95. The quantitative estimate of drug-likeness (QED) is 0.803. The van der Waals surface area contributed by atoms with Crippen molar-refractivity contribution in [2.24, 2.45) is 23.7 Å². The van der Waals surface area contributed by atoms with Crippen molar-refractivity contribution in [1.82, 2.24) is 5.32 Å². The van der Waals surface area contributed by atoms with E-state index in [1.165, 1.54) is 19.3 Å². The van der Waals surface area contributed by atoms with Crippen molar-refractivity contribution >= 4 is 11.9 Å². The van der Waals surface area contributed by atoms with Crippen LogP contribution in [0.4, 0.5) is 0 Å². The summed E-state index contributed by atoms with van der Waals surface area (Å²) in [6.45, 7) is 0. The molecule has 2 N–H and O–H groups in total. The topological polar surface area (TPSA) is 66.4 Å². The number of aliphatic carboxylic acids is 1. The zero-order valence-corrected chi connectivity index (χ0v) is 10.6. The zero-order chi connectivity index (χ0) is 12.7. The van der Waals surface area contributed by atoms with Crippen LogP contribution in [-0.4, -0.2) is 23.0 Å². The molecule has 3 aliphatic carbocycles. The molecule has 4 heteroatoms. The Morgan fingerprint density at radius 1 is 0.944 bits per heavy atom. The van der Waals surface area contributed by atoms with E-state index in [1.54, 1.807) is 0 Å². The van der Waals surface area contributed by atoms with Gasteiger partial charge in [0.1, 0.15) is 0 Å². The molecule has 3 fully saturated rings. The van der Waals surface area contributed by atoms with E-state index in [0.717, 1.165) is 18.8 Å². The average molecular weight is 251 g/mol. The number of rotatable bonds is 3. The molecule has 4 nitrogen and oxygen atoms in total. The van der Waals surface area contributed by atoms with E-state index in [1.807, 2.05) is 0 Å². The minimum atomic E-state index is -0.745. The minimum Gasteiger partial charge on any atom is -0.481 e. The molecule has 0 aliphatic heterocycles. The van der Waals surface area contributed by atoms with Crippen LogP contribution in [0.1, 0.15) is 44.9 Å². The van der Waals surface area contributed by atoms with Gasteiger partial charge in [0, 0.05) is 12.0 Å². The predicted octanol–water partition coefficient (Wildman–Crippen LogP) is 1.79. The smallest absolute Gasteiger partial charge is 0.306 e. The molecule has 0 aromatic carbocycles. The highest BCUT2D eigenvalue weighted by Crippen LogP contribution is 2.44. The molecule has 3 aliphatic rings. The van der Waals surface area contributed by atoms with Crippen LogP contribution in [0.3, 0.4) is 0 Å². The molecule has 3 unspecified atom stereocenters. The van der Waals surface area contributed by atoms with Crippen LogP contribution in [0.25, 0.3) is 0 Å². The van der Waals surface area contributed by atoms with Crippen molar-refractivity contribution in [3.8, 4) is 0 Å². The molecule has 2 bridgehead atoms. The van der Waals surface area contributed by atoms with Crippen molar-refractivity contribution in [1.29, 1.82) is 0 Å². The van der Waals surface area contributed by atoms with Crippen molar-refractivity contribution in [2.75, 3.05) is 0 Å². The predicted molar refractivity (Wildman–Crippen MR) is 65.8 cm³/mol. The second kappa shape index (κ2) is 4.56. The largest absolute Gasteiger partial charge is 0.481 e. The van der Waals surface area contributed by atoms with Gasteiger partial charge in [-0.15, -0.1) is 0 Å². The monoisotopic (exact) mass is 251 g/mol. The maximum Gasteiger partial charge on any atom is 0.306 e. The van der Waals surface area contributed by atoms with E-state index in [2.05, 4.69) is 5.32 Å². The second-order valence-corrected chi connectivity index (χ2v) is 6.34. The SMILES string of the molecule is O=C(O)[C@H]1CC[C@@H](C(=O)NC2CC3CCC2C3)C1. The normalized spacial score (nSPS) is 42.1. The Kier molecular flexibility index (Phi) is 3.04. The number of carbonyl (C=O) groups is 2. The number of carboxylic acids is 1. The Balaban J connectivity index is 1.52. The van der Waals surface area contributed by atoms with Crippen LogP contribution < -0.4 is 5.32 Å². The average Bonchev–Trinajstić information content (AvgIpc) is 3.04. The van der Waals surface area contributed by atoms with Gasteiger partial charge >= 0.3 is 5.97 Å². The summed E-state index contributed by atoms with van der Waals surface area (Å²) in [5.74, 6) is 0.513. The highest BCUT2D eigenvalue weighted by molar-refractivity contribution is 5.81. The van der Waals surface area contributed by atoms with Crippen LogP contribution in [0.2, 0.25) is 0 Å². The fourth-order valence-electron chi connectivity index (χ4n) is 4.17. The van der Waals surface area contributed by atoms with Crippen molar-refractivity contribution < 1.29 is 14.7 Å². The first-order valence-electron chi connectivity index (χ1n) is 7.16. The van der Waals surface area contributed by atoms with Crippen LogP contribution in [-0.2, 0) is 9.59 Å². The molecule has 1 amide bonds. The van der Waals surface area contributed by atoms with Crippen molar-refractivity contribution in [3.63, 3.8) is 0 Å². The summed E-state index contributed by atoms with van der Waals surface area (Å²) in [6, 6.07) is 0.375. The number of nitrogens with one attached hydrogen (secondary N) is 1. The van der Waals surface area contributed by atoms with Gasteiger partial charge in [-0.2, -0.15) is 0 Å². The Hall–Kier alpha value is -1.06. The number of carboxylic acid groups (broad SMARTS) is 1. The third kappa shape index (κ3) is 2.13. The van der Waals surface area contributed by atoms with Gasteiger partial charge in [-0.1, -0.05) is 6.42 Å². The molecule has 3 rings (SSSR count). The molecule has 0 aromatic heterocycles. The third-order valence-electron chi connectivity index (χ3n) is 5.22.